The summed E-state index contributed by atoms with van der Waals surface area (Å²) >= 11 is 0. The number of hydrogen-bond acceptors (Lipinski definition) is 4. The summed E-state index contributed by atoms with van der Waals surface area (Å²) in [5.41, 5.74) is 4.65. The van der Waals surface area contributed by atoms with Crippen LogP contribution >= 0.6 is 0 Å². The number of hydrogen-bond donors (Lipinski definition) is 0. The minimum Gasteiger partial charge on any atom is -0.465 e. The number of rotatable bonds is 4. The summed E-state index contributed by atoms with van der Waals surface area (Å²) in [6.07, 6.45) is 0. The molecule has 1 aliphatic heterocycles. The molecule has 2 aromatic rings. The van der Waals surface area contributed by atoms with Crippen molar-refractivity contribution in [2.45, 2.75) is 20.8 Å². The third-order valence-electron chi connectivity index (χ3n) is 4.01. The highest BCUT2D eigenvalue weighted by molar-refractivity contribution is 6.55. The number of aryl methyl sites for hydroxylation is 2. The molecule has 5 heteroatoms. The fraction of sp³-hybridized carbons (Fsp3) is 0.250. The van der Waals surface area contributed by atoms with Gasteiger partial charge in [-0.05, 0) is 45.0 Å². The van der Waals surface area contributed by atoms with Gasteiger partial charge in [-0.3, -0.25) is 14.5 Å². The largest absolute Gasteiger partial charge is 0.465 e. The maximum Gasteiger partial charge on any atom is 0.326 e. The Hall–Kier alpha value is -2.95. The second kappa shape index (κ2) is 6.89. The van der Waals surface area contributed by atoms with Crippen molar-refractivity contribution in [1.82, 2.24) is 0 Å². The van der Waals surface area contributed by atoms with E-state index in [0.717, 1.165) is 16.7 Å². The molecular formula is C20H20N2O3. The number of amides is 1. The minimum absolute atomic E-state index is 0.115. The quantitative estimate of drug-likeness (QED) is 0.805. The number of benzene rings is 2. The van der Waals surface area contributed by atoms with Crippen molar-refractivity contribution in [2.24, 2.45) is 4.99 Å². The summed E-state index contributed by atoms with van der Waals surface area (Å²) in [6, 6.07) is 13.3. The highest BCUT2D eigenvalue weighted by Gasteiger charge is 2.35. The van der Waals surface area contributed by atoms with Crippen LogP contribution in [0.4, 0.5) is 11.4 Å². The van der Waals surface area contributed by atoms with E-state index in [1.165, 1.54) is 4.90 Å². The van der Waals surface area contributed by atoms with Crippen molar-refractivity contribution < 1.29 is 14.3 Å². The lowest BCUT2D eigenvalue weighted by Crippen LogP contribution is -2.35. The van der Waals surface area contributed by atoms with Crippen LogP contribution in [0.3, 0.4) is 0 Å². The van der Waals surface area contributed by atoms with Crippen LogP contribution in [-0.4, -0.2) is 30.7 Å². The van der Waals surface area contributed by atoms with Gasteiger partial charge in [0, 0.05) is 5.56 Å². The lowest BCUT2D eigenvalue weighted by atomic mass is 10.1. The molecule has 0 unspecified atom stereocenters. The van der Waals surface area contributed by atoms with Crippen LogP contribution in [0.15, 0.2) is 47.5 Å². The van der Waals surface area contributed by atoms with E-state index < -0.39 is 5.97 Å². The van der Waals surface area contributed by atoms with Gasteiger partial charge in [-0.1, -0.05) is 29.3 Å². The number of ether oxygens (including phenoxy) is 1. The molecule has 0 saturated heterocycles. The first kappa shape index (κ1) is 16.9. The Kier molecular flexibility index (Phi) is 4.65. The fourth-order valence-electron chi connectivity index (χ4n) is 2.78. The zero-order valence-electron chi connectivity index (χ0n) is 14.6. The van der Waals surface area contributed by atoms with Gasteiger partial charge >= 0.3 is 5.97 Å². The highest BCUT2D eigenvalue weighted by Crippen LogP contribution is 2.31. The molecule has 128 valence electrons. The molecule has 0 bridgehead atoms. The predicted molar refractivity (Wildman–Crippen MR) is 97.5 cm³/mol. The van der Waals surface area contributed by atoms with Crippen molar-refractivity contribution in [1.29, 1.82) is 0 Å². The number of esters is 1. The standard InChI is InChI=1S/C20H20N2O3/c1-4-25-18(23)12-22-17-10-7-14(3)11-16(17)19(20(22)24)21-15-8-5-13(2)6-9-15/h5-11H,4,12H2,1-3H3. The monoisotopic (exact) mass is 336 g/mol. The summed E-state index contributed by atoms with van der Waals surface area (Å²) in [5, 5.41) is 0. The van der Waals surface area contributed by atoms with E-state index in [1.54, 1.807) is 6.92 Å². The zero-order chi connectivity index (χ0) is 18.0. The first-order valence-corrected chi connectivity index (χ1v) is 8.23. The molecule has 1 amide bonds. The van der Waals surface area contributed by atoms with Crippen LogP contribution in [0, 0.1) is 13.8 Å². The van der Waals surface area contributed by atoms with Crippen molar-refractivity contribution in [3.05, 3.63) is 59.2 Å². The van der Waals surface area contributed by atoms with Crippen molar-refractivity contribution in [3.8, 4) is 0 Å². The number of carbonyl (C=O) groups is 2. The van der Waals surface area contributed by atoms with E-state index in [-0.39, 0.29) is 19.1 Å². The Morgan fingerprint density at radius 2 is 1.76 bits per heavy atom. The maximum absolute atomic E-state index is 12.9. The fourth-order valence-corrected chi connectivity index (χ4v) is 2.78. The first-order valence-electron chi connectivity index (χ1n) is 8.23. The van der Waals surface area contributed by atoms with E-state index in [9.17, 15) is 9.59 Å². The predicted octanol–water partition coefficient (Wildman–Crippen LogP) is 3.33. The van der Waals surface area contributed by atoms with Gasteiger partial charge < -0.3 is 4.74 Å². The minimum atomic E-state index is -0.432. The zero-order valence-corrected chi connectivity index (χ0v) is 14.6. The van der Waals surface area contributed by atoms with Gasteiger partial charge in [0.2, 0.25) is 0 Å². The third-order valence-corrected chi connectivity index (χ3v) is 4.01. The van der Waals surface area contributed by atoms with Crippen molar-refractivity contribution >= 4 is 29.0 Å². The molecule has 5 nitrogen and oxygen atoms in total. The van der Waals surface area contributed by atoms with Gasteiger partial charge in [0.15, 0.2) is 0 Å². The summed E-state index contributed by atoms with van der Waals surface area (Å²) in [4.78, 5) is 30.7. The Bertz CT molecular complexity index is 854. The number of aliphatic imine (C=N–C) groups is 1. The SMILES string of the molecule is CCOC(=O)CN1C(=O)C(=Nc2ccc(C)cc2)c2cc(C)ccc21. The van der Waals surface area contributed by atoms with Crippen LogP contribution in [0.25, 0.3) is 0 Å². The smallest absolute Gasteiger partial charge is 0.326 e. The summed E-state index contributed by atoms with van der Waals surface area (Å²) < 4.78 is 4.98. The van der Waals surface area contributed by atoms with Gasteiger partial charge in [-0.2, -0.15) is 0 Å². The van der Waals surface area contributed by atoms with Crippen LogP contribution in [-0.2, 0) is 14.3 Å². The average molecular weight is 336 g/mol. The molecule has 1 aliphatic rings. The maximum atomic E-state index is 12.9. The normalized spacial score (nSPS) is 14.8. The number of nitrogens with zero attached hydrogens (tertiary/aromatic N) is 2. The number of fused-ring (bicyclic) bond motifs is 1. The molecule has 0 fully saturated rings. The highest BCUT2D eigenvalue weighted by atomic mass is 16.5. The van der Waals surface area contributed by atoms with E-state index in [0.29, 0.717) is 17.1 Å². The average Bonchev–Trinajstić information content (AvgIpc) is 2.82. The lowest BCUT2D eigenvalue weighted by Gasteiger charge is -2.15. The number of anilines is 1. The first-order chi connectivity index (χ1) is 12.0. The topological polar surface area (TPSA) is 59.0 Å². The van der Waals surface area contributed by atoms with E-state index in [2.05, 4.69) is 4.99 Å². The van der Waals surface area contributed by atoms with Gasteiger partial charge in [0.1, 0.15) is 12.3 Å². The molecule has 0 aliphatic carbocycles. The van der Waals surface area contributed by atoms with Gasteiger partial charge in [-0.15, -0.1) is 0 Å². The van der Waals surface area contributed by atoms with Crippen molar-refractivity contribution in [3.63, 3.8) is 0 Å². The molecule has 2 aromatic carbocycles. The van der Waals surface area contributed by atoms with E-state index in [4.69, 9.17) is 4.74 Å². The molecule has 0 atom stereocenters. The van der Waals surface area contributed by atoms with E-state index in [1.807, 2.05) is 56.3 Å². The molecule has 1 heterocycles. The van der Waals surface area contributed by atoms with Gasteiger partial charge in [0.25, 0.3) is 5.91 Å². The Balaban J connectivity index is 2.02. The van der Waals surface area contributed by atoms with Crippen LogP contribution in [0.1, 0.15) is 23.6 Å². The molecule has 0 spiro atoms. The van der Waals surface area contributed by atoms with Crippen LogP contribution in [0.2, 0.25) is 0 Å². The molecular weight excluding hydrogens is 316 g/mol. The molecule has 0 N–H and O–H groups in total. The second-order valence-electron chi connectivity index (χ2n) is 6.01. The summed E-state index contributed by atoms with van der Waals surface area (Å²) in [7, 11) is 0. The summed E-state index contributed by atoms with van der Waals surface area (Å²) in [5.74, 6) is -0.715. The third kappa shape index (κ3) is 3.45. The molecule has 25 heavy (non-hydrogen) atoms. The molecule has 0 saturated carbocycles. The Morgan fingerprint density at radius 3 is 2.44 bits per heavy atom. The van der Waals surface area contributed by atoms with Crippen LogP contribution < -0.4 is 4.90 Å². The van der Waals surface area contributed by atoms with Gasteiger partial charge in [0.05, 0.1) is 18.0 Å². The second-order valence-corrected chi connectivity index (χ2v) is 6.01. The molecule has 3 rings (SSSR count). The summed E-state index contributed by atoms with van der Waals surface area (Å²) in [6.45, 7) is 5.87. The van der Waals surface area contributed by atoms with Crippen LogP contribution in [0.5, 0.6) is 0 Å². The molecule has 0 radical (unpaired) electrons. The van der Waals surface area contributed by atoms with Crippen molar-refractivity contribution in [2.75, 3.05) is 18.1 Å². The number of carbonyl (C=O) groups excluding carboxylic acids is 2. The Morgan fingerprint density at radius 1 is 1.08 bits per heavy atom. The Labute approximate surface area is 146 Å². The van der Waals surface area contributed by atoms with E-state index >= 15 is 0 Å². The van der Waals surface area contributed by atoms with Gasteiger partial charge in [-0.25, -0.2) is 4.99 Å². The lowest BCUT2D eigenvalue weighted by molar-refractivity contribution is -0.142. The molecule has 0 aromatic heterocycles.